The van der Waals surface area contributed by atoms with E-state index in [-0.39, 0.29) is 23.6 Å². The standard InChI is InChI=1S/C23H27N5O3/c1-15-4-3-12-28(22(15)31)13-11-24-21(30)19-6-2-5-16-14-25-23(27-20(16)19)26-17-7-9-18(29)10-8-17/h2-6,12,14,17-18,29H,7-11,13H2,1H3,(H,24,30)(H,25,26,27). The molecule has 3 aromatic rings. The van der Waals surface area contributed by atoms with Crippen molar-refractivity contribution < 1.29 is 9.90 Å². The number of aliphatic hydroxyl groups excluding tert-OH is 1. The number of para-hydroxylation sites is 1. The van der Waals surface area contributed by atoms with Gasteiger partial charge >= 0.3 is 0 Å². The van der Waals surface area contributed by atoms with Gasteiger partial charge in [0, 0.05) is 42.5 Å². The number of hydrogen-bond donors (Lipinski definition) is 3. The quantitative estimate of drug-likeness (QED) is 0.563. The molecular weight excluding hydrogens is 394 g/mol. The van der Waals surface area contributed by atoms with Crippen molar-refractivity contribution in [3.8, 4) is 0 Å². The average molecular weight is 422 g/mol. The highest BCUT2D eigenvalue weighted by molar-refractivity contribution is 6.05. The van der Waals surface area contributed by atoms with Crippen molar-refractivity contribution >= 4 is 22.8 Å². The van der Waals surface area contributed by atoms with E-state index in [4.69, 9.17) is 0 Å². The molecule has 1 fully saturated rings. The summed E-state index contributed by atoms with van der Waals surface area (Å²) < 4.78 is 1.59. The summed E-state index contributed by atoms with van der Waals surface area (Å²) in [6, 6.07) is 9.23. The van der Waals surface area contributed by atoms with Gasteiger partial charge in [-0.1, -0.05) is 18.2 Å². The molecule has 0 atom stereocenters. The molecule has 0 saturated heterocycles. The largest absolute Gasteiger partial charge is 0.393 e. The van der Waals surface area contributed by atoms with E-state index < -0.39 is 0 Å². The molecule has 31 heavy (non-hydrogen) atoms. The Labute approximate surface area is 180 Å². The number of carbonyl (C=O) groups is 1. The zero-order chi connectivity index (χ0) is 21.8. The average Bonchev–Trinajstić information content (AvgIpc) is 2.77. The molecule has 0 unspecified atom stereocenters. The summed E-state index contributed by atoms with van der Waals surface area (Å²) >= 11 is 0. The maximum atomic E-state index is 12.8. The second-order valence-electron chi connectivity index (χ2n) is 8.03. The smallest absolute Gasteiger partial charge is 0.253 e. The minimum atomic E-state index is -0.239. The lowest BCUT2D eigenvalue weighted by atomic mass is 9.93. The van der Waals surface area contributed by atoms with E-state index in [1.54, 1.807) is 42.1 Å². The summed E-state index contributed by atoms with van der Waals surface area (Å²) in [5.74, 6) is 0.247. The minimum Gasteiger partial charge on any atom is -0.393 e. The Kier molecular flexibility index (Phi) is 6.27. The van der Waals surface area contributed by atoms with Crippen molar-refractivity contribution in [3.63, 3.8) is 0 Å². The van der Waals surface area contributed by atoms with E-state index >= 15 is 0 Å². The number of amides is 1. The van der Waals surface area contributed by atoms with Gasteiger partial charge in [0.05, 0.1) is 17.2 Å². The molecule has 8 heteroatoms. The molecule has 1 aliphatic carbocycles. The Morgan fingerprint density at radius 1 is 1.19 bits per heavy atom. The van der Waals surface area contributed by atoms with Crippen molar-refractivity contribution in [1.82, 2.24) is 19.9 Å². The lowest BCUT2D eigenvalue weighted by molar-refractivity contribution is 0.0953. The maximum Gasteiger partial charge on any atom is 0.253 e. The van der Waals surface area contributed by atoms with Crippen molar-refractivity contribution in [2.24, 2.45) is 0 Å². The number of benzene rings is 1. The van der Waals surface area contributed by atoms with Gasteiger partial charge in [-0.15, -0.1) is 0 Å². The Hall–Kier alpha value is -3.26. The van der Waals surface area contributed by atoms with Crippen LogP contribution in [-0.4, -0.2) is 44.2 Å². The van der Waals surface area contributed by atoms with Gasteiger partial charge in [-0.2, -0.15) is 0 Å². The topological polar surface area (TPSA) is 109 Å². The fourth-order valence-electron chi connectivity index (χ4n) is 3.93. The van der Waals surface area contributed by atoms with Gasteiger partial charge in [0.15, 0.2) is 0 Å². The number of carbonyl (C=O) groups excluding carboxylic acids is 1. The van der Waals surface area contributed by atoms with Gasteiger partial charge < -0.3 is 20.3 Å². The number of nitrogens with zero attached hydrogens (tertiary/aromatic N) is 3. The highest BCUT2D eigenvalue weighted by Gasteiger charge is 2.20. The monoisotopic (exact) mass is 421 g/mol. The molecule has 1 aromatic carbocycles. The predicted molar refractivity (Wildman–Crippen MR) is 119 cm³/mol. The first-order chi connectivity index (χ1) is 15.0. The molecular formula is C23H27N5O3. The van der Waals surface area contributed by atoms with Gasteiger partial charge in [-0.3, -0.25) is 9.59 Å². The van der Waals surface area contributed by atoms with E-state index in [0.29, 0.717) is 35.7 Å². The van der Waals surface area contributed by atoms with E-state index in [0.717, 1.165) is 31.1 Å². The molecule has 3 N–H and O–H groups in total. The predicted octanol–water partition coefficient (Wildman–Crippen LogP) is 2.25. The molecule has 8 nitrogen and oxygen atoms in total. The molecule has 0 aliphatic heterocycles. The van der Waals surface area contributed by atoms with Crippen molar-refractivity contribution in [1.29, 1.82) is 0 Å². The number of aliphatic hydroxyl groups is 1. The number of nitrogens with one attached hydrogen (secondary N) is 2. The highest BCUT2D eigenvalue weighted by atomic mass is 16.3. The second-order valence-corrected chi connectivity index (χ2v) is 8.03. The normalized spacial score (nSPS) is 18.6. The lowest BCUT2D eigenvalue weighted by Gasteiger charge is -2.26. The summed E-state index contributed by atoms with van der Waals surface area (Å²) in [5, 5.41) is 16.7. The van der Waals surface area contributed by atoms with Crippen LogP contribution in [0.3, 0.4) is 0 Å². The van der Waals surface area contributed by atoms with E-state index in [2.05, 4.69) is 20.6 Å². The van der Waals surface area contributed by atoms with Crippen LogP contribution in [0.1, 0.15) is 41.6 Å². The fourth-order valence-corrected chi connectivity index (χ4v) is 3.93. The molecule has 2 heterocycles. The second kappa shape index (κ2) is 9.26. The van der Waals surface area contributed by atoms with Crippen LogP contribution in [0.15, 0.2) is 47.5 Å². The van der Waals surface area contributed by atoms with Gasteiger partial charge in [0.25, 0.3) is 11.5 Å². The zero-order valence-electron chi connectivity index (χ0n) is 17.5. The lowest BCUT2D eigenvalue weighted by Crippen LogP contribution is -2.31. The number of aryl methyl sites for hydroxylation is 1. The van der Waals surface area contributed by atoms with Gasteiger partial charge in [0.2, 0.25) is 5.95 Å². The Bertz CT molecular complexity index is 1140. The van der Waals surface area contributed by atoms with Crippen LogP contribution in [0.2, 0.25) is 0 Å². The molecule has 1 amide bonds. The van der Waals surface area contributed by atoms with Gasteiger partial charge in [-0.05, 0) is 44.7 Å². The summed E-state index contributed by atoms with van der Waals surface area (Å²) in [4.78, 5) is 33.9. The van der Waals surface area contributed by atoms with Gasteiger partial charge in [0.1, 0.15) is 0 Å². The Morgan fingerprint density at radius 3 is 2.81 bits per heavy atom. The zero-order valence-corrected chi connectivity index (χ0v) is 17.5. The van der Waals surface area contributed by atoms with E-state index in [1.807, 2.05) is 12.1 Å². The molecule has 1 aliphatic rings. The first-order valence-electron chi connectivity index (χ1n) is 10.7. The van der Waals surface area contributed by atoms with Crippen LogP contribution < -0.4 is 16.2 Å². The highest BCUT2D eigenvalue weighted by Crippen LogP contribution is 2.22. The summed E-state index contributed by atoms with van der Waals surface area (Å²) in [6.45, 7) is 2.50. The molecule has 1 saturated carbocycles. The van der Waals surface area contributed by atoms with Crippen LogP contribution in [0.4, 0.5) is 5.95 Å². The molecule has 0 radical (unpaired) electrons. The first-order valence-corrected chi connectivity index (χ1v) is 10.7. The Morgan fingerprint density at radius 2 is 2.00 bits per heavy atom. The summed E-state index contributed by atoms with van der Waals surface area (Å²) in [5.41, 5.74) is 1.67. The fraction of sp³-hybridized carbons (Fsp3) is 0.391. The van der Waals surface area contributed by atoms with Crippen LogP contribution >= 0.6 is 0 Å². The minimum absolute atomic E-state index is 0.0550. The molecule has 0 spiro atoms. The van der Waals surface area contributed by atoms with Gasteiger partial charge in [-0.25, -0.2) is 9.97 Å². The Balaban J connectivity index is 1.46. The van der Waals surface area contributed by atoms with Crippen molar-refractivity contribution in [2.45, 2.75) is 51.3 Å². The van der Waals surface area contributed by atoms with Crippen LogP contribution in [-0.2, 0) is 6.54 Å². The number of rotatable bonds is 6. The summed E-state index contributed by atoms with van der Waals surface area (Å²) in [6.07, 6.45) is 6.47. The van der Waals surface area contributed by atoms with Crippen molar-refractivity contribution in [2.75, 3.05) is 11.9 Å². The van der Waals surface area contributed by atoms with E-state index in [1.165, 1.54) is 0 Å². The number of hydrogen-bond acceptors (Lipinski definition) is 6. The number of aromatic nitrogens is 3. The summed E-state index contributed by atoms with van der Waals surface area (Å²) in [7, 11) is 0. The van der Waals surface area contributed by atoms with Crippen molar-refractivity contribution in [3.05, 3.63) is 64.2 Å². The van der Waals surface area contributed by atoms with E-state index in [9.17, 15) is 14.7 Å². The molecule has 4 rings (SSSR count). The van der Waals surface area contributed by atoms with Crippen LogP contribution in [0.5, 0.6) is 0 Å². The third kappa shape index (κ3) is 4.91. The molecule has 0 bridgehead atoms. The molecule has 2 aromatic heterocycles. The number of fused-ring (bicyclic) bond motifs is 1. The number of anilines is 1. The number of pyridine rings is 1. The third-order valence-corrected chi connectivity index (χ3v) is 5.73. The third-order valence-electron chi connectivity index (χ3n) is 5.73. The van der Waals surface area contributed by atoms with Crippen LogP contribution in [0.25, 0.3) is 10.9 Å². The van der Waals surface area contributed by atoms with Crippen LogP contribution in [0, 0.1) is 6.92 Å². The SMILES string of the molecule is Cc1cccn(CCNC(=O)c2cccc3cnc(NC4CCC(O)CC4)nc23)c1=O. The first kappa shape index (κ1) is 21.0. The maximum absolute atomic E-state index is 12.8. The molecule has 162 valence electrons.